The van der Waals surface area contributed by atoms with Crippen LogP contribution in [0.1, 0.15) is 15.9 Å². The van der Waals surface area contributed by atoms with Crippen LogP contribution in [0.3, 0.4) is 0 Å². The zero-order valence-electron chi connectivity index (χ0n) is 16.6. The number of anilines is 2. The summed E-state index contributed by atoms with van der Waals surface area (Å²) in [5, 5.41) is 13.5. The van der Waals surface area contributed by atoms with Crippen LogP contribution in [0.5, 0.6) is 0 Å². The van der Waals surface area contributed by atoms with Crippen LogP contribution in [0.2, 0.25) is 0 Å². The number of amides is 3. The summed E-state index contributed by atoms with van der Waals surface area (Å²) in [7, 11) is 0. The minimum Gasteiger partial charge on any atom is -0.416 e. The molecule has 0 atom stereocenters. The van der Waals surface area contributed by atoms with Crippen molar-refractivity contribution in [3.63, 3.8) is 0 Å². The molecule has 0 fully saturated rings. The van der Waals surface area contributed by atoms with Gasteiger partial charge >= 0.3 is 6.03 Å². The molecule has 4 rings (SSSR count). The molecule has 154 valence electrons. The highest BCUT2D eigenvalue weighted by atomic mass is 16.4. The first-order chi connectivity index (χ1) is 15.0. The van der Waals surface area contributed by atoms with Gasteiger partial charge in [-0.2, -0.15) is 0 Å². The van der Waals surface area contributed by atoms with E-state index in [9.17, 15) is 9.59 Å². The van der Waals surface area contributed by atoms with Gasteiger partial charge in [-0.05, 0) is 67.6 Å². The van der Waals surface area contributed by atoms with Gasteiger partial charge < -0.3 is 20.8 Å². The van der Waals surface area contributed by atoms with Crippen molar-refractivity contribution in [2.75, 3.05) is 10.6 Å². The number of hydrogen-bond donors (Lipinski definition) is 3. The second-order valence-corrected chi connectivity index (χ2v) is 6.88. The zero-order valence-corrected chi connectivity index (χ0v) is 16.6. The second kappa shape index (κ2) is 8.50. The molecule has 4 N–H and O–H groups in total. The predicted molar refractivity (Wildman–Crippen MR) is 118 cm³/mol. The summed E-state index contributed by atoms with van der Waals surface area (Å²) in [6.07, 6.45) is 0. The molecule has 0 spiro atoms. The fraction of sp³-hybridized carbons (Fsp3) is 0.0435. The maximum Gasteiger partial charge on any atom is 0.316 e. The molecular formula is C23H19N5O3. The van der Waals surface area contributed by atoms with Gasteiger partial charge in [-0.3, -0.25) is 4.79 Å². The molecule has 0 radical (unpaired) electrons. The van der Waals surface area contributed by atoms with Crippen molar-refractivity contribution in [1.82, 2.24) is 10.2 Å². The van der Waals surface area contributed by atoms with Crippen LogP contribution in [0.25, 0.3) is 22.9 Å². The van der Waals surface area contributed by atoms with Crippen molar-refractivity contribution >= 4 is 23.3 Å². The van der Waals surface area contributed by atoms with E-state index in [1.165, 1.54) is 0 Å². The first kappa shape index (κ1) is 19.8. The molecule has 4 aromatic rings. The molecule has 1 aromatic heterocycles. The number of nitrogens with two attached hydrogens (primary N) is 1. The quantitative estimate of drug-likeness (QED) is 0.446. The van der Waals surface area contributed by atoms with Gasteiger partial charge in [-0.1, -0.05) is 17.7 Å². The van der Waals surface area contributed by atoms with Crippen LogP contribution in [-0.4, -0.2) is 22.1 Å². The SMILES string of the molecule is Cc1ccc(-c2nnc(-c3ccc(C(=O)Nc4ccc(NC(N)=O)cc4)cc3)o2)cc1. The largest absolute Gasteiger partial charge is 0.416 e. The van der Waals surface area contributed by atoms with Crippen molar-refractivity contribution in [2.24, 2.45) is 5.73 Å². The molecule has 0 aliphatic rings. The van der Waals surface area contributed by atoms with Crippen LogP contribution < -0.4 is 16.4 Å². The van der Waals surface area contributed by atoms with Crippen LogP contribution in [-0.2, 0) is 0 Å². The van der Waals surface area contributed by atoms with Gasteiger partial charge in [0.05, 0.1) is 0 Å². The third kappa shape index (κ3) is 4.76. The van der Waals surface area contributed by atoms with E-state index >= 15 is 0 Å². The summed E-state index contributed by atoms with van der Waals surface area (Å²) in [4.78, 5) is 23.3. The number of nitrogens with one attached hydrogen (secondary N) is 2. The maximum absolute atomic E-state index is 12.5. The van der Waals surface area contributed by atoms with Gasteiger partial charge in [-0.15, -0.1) is 10.2 Å². The Morgan fingerprint density at radius 1 is 0.742 bits per heavy atom. The van der Waals surface area contributed by atoms with Gasteiger partial charge in [0.1, 0.15) is 0 Å². The number of aryl methyl sites for hydroxylation is 1. The van der Waals surface area contributed by atoms with E-state index in [-0.39, 0.29) is 5.91 Å². The molecule has 0 saturated heterocycles. The molecule has 0 aliphatic heterocycles. The first-order valence-electron chi connectivity index (χ1n) is 9.47. The number of hydrogen-bond acceptors (Lipinski definition) is 5. The van der Waals surface area contributed by atoms with Gasteiger partial charge in [0, 0.05) is 28.1 Å². The Kier molecular flexibility index (Phi) is 5.44. The number of benzene rings is 3. The Hall–Kier alpha value is -4.46. The Bertz CT molecular complexity index is 1210. The number of aromatic nitrogens is 2. The van der Waals surface area contributed by atoms with E-state index in [2.05, 4.69) is 20.8 Å². The molecule has 31 heavy (non-hydrogen) atoms. The van der Waals surface area contributed by atoms with Crippen molar-refractivity contribution < 1.29 is 14.0 Å². The molecule has 8 heteroatoms. The van der Waals surface area contributed by atoms with E-state index in [0.29, 0.717) is 34.3 Å². The lowest BCUT2D eigenvalue weighted by Crippen LogP contribution is -2.19. The summed E-state index contributed by atoms with van der Waals surface area (Å²) >= 11 is 0. The highest BCUT2D eigenvalue weighted by Gasteiger charge is 2.12. The van der Waals surface area contributed by atoms with Crippen LogP contribution in [0, 0.1) is 6.92 Å². The molecule has 1 heterocycles. The Morgan fingerprint density at radius 2 is 1.23 bits per heavy atom. The summed E-state index contributed by atoms with van der Waals surface area (Å²) < 4.78 is 5.77. The van der Waals surface area contributed by atoms with E-state index in [1.807, 2.05) is 31.2 Å². The summed E-state index contributed by atoms with van der Waals surface area (Å²) in [5.74, 6) is 0.541. The predicted octanol–water partition coefficient (Wildman–Crippen LogP) is 4.45. The summed E-state index contributed by atoms with van der Waals surface area (Å²) in [6.45, 7) is 2.01. The standard InChI is InChI=1S/C23H19N5O3/c1-14-2-4-16(5-3-14)21-27-28-22(31-21)17-8-6-15(7-9-17)20(29)25-18-10-12-19(13-11-18)26-23(24)30/h2-13H,1H3,(H,25,29)(H3,24,26,30). The van der Waals surface area contributed by atoms with Crippen LogP contribution in [0.4, 0.5) is 16.2 Å². The molecule has 3 aromatic carbocycles. The average molecular weight is 413 g/mol. The van der Waals surface area contributed by atoms with Crippen molar-refractivity contribution in [1.29, 1.82) is 0 Å². The average Bonchev–Trinajstić information content (AvgIpc) is 3.26. The minimum absolute atomic E-state index is 0.270. The molecule has 3 amide bonds. The number of carbonyl (C=O) groups excluding carboxylic acids is 2. The topological polar surface area (TPSA) is 123 Å². The van der Waals surface area contributed by atoms with Crippen molar-refractivity contribution in [3.8, 4) is 22.9 Å². The van der Waals surface area contributed by atoms with Crippen molar-refractivity contribution in [3.05, 3.63) is 83.9 Å². The highest BCUT2D eigenvalue weighted by Crippen LogP contribution is 2.24. The highest BCUT2D eigenvalue weighted by molar-refractivity contribution is 6.04. The normalized spacial score (nSPS) is 10.5. The molecular weight excluding hydrogens is 394 g/mol. The van der Waals surface area contributed by atoms with E-state index in [4.69, 9.17) is 10.2 Å². The number of carbonyl (C=O) groups is 2. The fourth-order valence-electron chi connectivity index (χ4n) is 2.90. The maximum atomic E-state index is 12.5. The lowest BCUT2D eigenvalue weighted by atomic mass is 10.1. The van der Waals surface area contributed by atoms with Gasteiger partial charge in [-0.25, -0.2) is 4.79 Å². The number of primary amides is 1. The van der Waals surface area contributed by atoms with Crippen molar-refractivity contribution in [2.45, 2.75) is 6.92 Å². The fourth-order valence-corrected chi connectivity index (χ4v) is 2.90. The first-order valence-corrected chi connectivity index (χ1v) is 9.47. The van der Waals surface area contributed by atoms with Crippen LogP contribution in [0.15, 0.2) is 77.2 Å². The third-order valence-corrected chi connectivity index (χ3v) is 4.53. The van der Waals surface area contributed by atoms with Crippen LogP contribution >= 0.6 is 0 Å². The molecule has 0 aliphatic carbocycles. The number of rotatable bonds is 5. The Balaban J connectivity index is 1.44. The number of nitrogens with zero attached hydrogens (tertiary/aromatic N) is 2. The van der Waals surface area contributed by atoms with Gasteiger partial charge in [0.2, 0.25) is 11.8 Å². The smallest absolute Gasteiger partial charge is 0.316 e. The van der Waals surface area contributed by atoms with Gasteiger partial charge in [0.15, 0.2) is 0 Å². The number of urea groups is 1. The minimum atomic E-state index is -0.649. The van der Waals surface area contributed by atoms with E-state index < -0.39 is 6.03 Å². The second-order valence-electron chi connectivity index (χ2n) is 6.88. The Labute approximate surface area is 178 Å². The zero-order chi connectivity index (χ0) is 21.8. The Morgan fingerprint density at radius 3 is 1.74 bits per heavy atom. The molecule has 0 saturated carbocycles. The molecule has 8 nitrogen and oxygen atoms in total. The summed E-state index contributed by atoms with van der Waals surface area (Å²) in [5.41, 5.74) is 9.38. The molecule has 0 unspecified atom stereocenters. The van der Waals surface area contributed by atoms with E-state index in [0.717, 1.165) is 11.1 Å². The van der Waals surface area contributed by atoms with Gasteiger partial charge in [0.25, 0.3) is 5.91 Å². The molecule has 0 bridgehead atoms. The third-order valence-electron chi connectivity index (χ3n) is 4.53. The monoisotopic (exact) mass is 413 g/mol. The van der Waals surface area contributed by atoms with E-state index in [1.54, 1.807) is 48.5 Å². The summed E-state index contributed by atoms with van der Waals surface area (Å²) in [6, 6.07) is 20.7. The lowest BCUT2D eigenvalue weighted by Gasteiger charge is -2.07. The lowest BCUT2D eigenvalue weighted by molar-refractivity contribution is 0.102.